The Labute approximate surface area is 159 Å². The number of aromatic nitrogens is 1. The van der Waals surface area contributed by atoms with Crippen LogP contribution in [0.1, 0.15) is 48.7 Å². The number of benzene rings is 1. The fraction of sp³-hybridized carbons (Fsp3) is 0.500. The highest BCUT2D eigenvalue weighted by Gasteiger charge is 2.14. The predicted octanol–water partition coefficient (Wildman–Crippen LogP) is 4.17. The summed E-state index contributed by atoms with van der Waals surface area (Å²) in [6.07, 6.45) is 7.08. The number of rotatable bonds is 7. The van der Waals surface area contributed by atoms with Crippen molar-refractivity contribution in [3.05, 3.63) is 39.8 Å². The molecule has 0 amide bonds. The molecule has 0 saturated carbocycles. The van der Waals surface area contributed by atoms with E-state index in [1.807, 2.05) is 49.4 Å². The van der Waals surface area contributed by atoms with E-state index in [1.165, 1.54) is 34.8 Å². The molecule has 0 radical (unpaired) electrons. The number of guanidine groups is 1. The van der Waals surface area contributed by atoms with Gasteiger partial charge >= 0.3 is 0 Å². The zero-order chi connectivity index (χ0) is 18.4. The molecule has 0 fully saturated rings. The maximum Gasteiger partial charge on any atom is 0.193 e. The summed E-state index contributed by atoms with van der Waals surface area (Å²) in [5, 5.41) is 4.37. The number of anilines is 1. The third kappa shape index (κ3) is 5.46. The van der Waals surface area contributed by atoms with E-state index in [4.69, 9.17) is 15.5 Å². The number of nitrogens with one attached hydrogen (secondary N) is 1. The monoisotopic (exact) mass is 372 g/mol. The molecule has 3 N–H and O–H groups in total. The molecular formula is C20H28N4OS. The van der Waals surface area contributed by atoms with Gasteiger partial charge < -0.3 is 15.8 Å². The van der Waals surface area contributed by atoms with Crippen LogP contribution in [0.25, 0.3) is 0 Å². The van der Waals surface area contributed by atoms with Crippen molar-refractivity contribution in [3.63, 3.8) is 0 Å². The number of hydrogen-bond donors (Lipinski definition) is 2. The van der Waals surface area contributed by atoms with Crippen LogP contribution in [0.3, 0.4) is 0 Å². The summed E-state index contributed by atoms with van der Waals surface area (Å²) in [6.45, 7) is 4.73. The molecule has 1 aliphatic rings. The Hall–Kier alpha value is -2.08. The molecule has 0 aliphatic heterocycles. The van der Waals surface area contributed by atoms with Crippen molar-refractivity contribution in [2.75, 3.05) is 11.9 Å². The normalized spacial score (nSPS) is 14.3. The minimum atomic E-state index is 0.170. The second-order valence-corrected chi connectivity index (χ2v) is 8.04. The second kappa shape index (κ2) is 9.03. The third-order valence-electron chi connectivity index (χ3n) is 4.22. The lowest BCUT2D eigenvalue weighted by molar-refractivity contribution is 0.242. The molecular weight excluding hydrogens is 344 g/mol. The lowest BCUT2D eigenvalue weighted by atomic mass is 10.0. The first kappa shape index (κ1) is 18.7. The van der Waals surface area contributed by atoms with Gasteiger partial charge in [0, 0.05) is 23.5 Å². The van der Waals surface area contributed by atoms with Crippen molar-refractivity contribution in [1.82, 2.24) is 4.98 Å². The summed E-state index contributed by atoms with van der Waals surface area (Å²) >= 11 is 1.88. The van der Waals surface area contributed by atoms with Gasteiger partial charge in [-0.15, -0.1) is 11.3 Å². The number of hydrogen-bond acceptors (Lipinski definition) is 4. The van der Waals surface area contributed by atoms with Gasteiger partial charge in [-0.1, -0.05) is 0 Å². The van der Waals surface area contributed by atoms with Gasteiger partial charge in [0.2, 0.25) is 0 Å². The zero-order valence-electron chi connectivity index (χ0n) is 15.6. The summed E-state index contributed by atoms with van der Waals surface area (Å²) in [6, 6.07) is 7.75. The van der Waals surface area contributed by atoms with E-state index >= 15 is 0 Å². The van der Waals surface area contributed by atoms with Gasteiger partial charge in [-0.05, 0) is 70.2 Å². The van der Waals surface area contributed by atoms with E-state index in [1.54, 1.807) is 0 Å². The number of aryl methyl sites for hydroxylation is 3. The molecule has 0 atom stereocenters. The van der Waals surface area contributed by atoms with Crippen LogP contribution in [0.5, 0.6) is 5.75 Å². The third-order valence-corrected chi connectivity index (χ3v) is 5.44. The largest absolute Gasteiger partial charge is 0.491 e. The van der Waals surface area contributed by atoms with Crippen molar-refractivity contribution < 1.29 is 4.74 Å². The maximum atomic E-state index is 5.98. The number of fused-ring (bicyclic) bond motifs is 1. The van der Waals surface area contributed by atoms with Crippen molar-refractivity contribution in [1.29, 1.82) is 0 Å². The molecule has 26 heavy (non-hydrogen) atoms. The van der Waals surface area contributed by atoms with Crippen molar-refractivity contribution in [3.8, 4) is 5.75 Å². The minimum absolute atomic E-state index is 0.170. The fourth-order valence-corrected chi connectivity index (χ4v) is 4.22. The summed E-state index contributed by atoms with van der Waals surface area (Å²) in [5.74, 6) is 1.30. The summed E-state index contributed by atoms with van der Waals surface area (Å²) in [5.41, 5.74) is 8.23. The Bertz CT molecular complexity index is 713. The molecule has 0 unspecified atom stereocenters. The molecule has 1 aliphatic carbocycles. The van der Waals surface area contributed by atoms with Gasteiger partial charge in [0.15, 0.2) is 5.96 Å². The first-order chi connectivity index (χ1) is 12.6. The maximum absolute atomic E-state index is 5.98. The van der Waals surface area contributed by atoms with Crippen LogP contribution in [0.4, 0.5) is 5.69 Å². The lowest BCUT2D eigenvalue weighted by Crippen LogP contribution is -2.22. The number of ether oxygens (including phenoxy) is 1. The van der Waals surface area contributed by atoms with Gasteiger partial charge in [-0.25, -0.2) is 4.98 Å². The topological polar surface area (TPSA) is 72.5 Å². The Morgan fingerprint density at radius 1 is 1.27 bits per heavy atom. The van der Waals surface area contributed by atoms with Gasteiger partial charge in [0.1, 0.15) is 5.75 Å². The molecule has 5 nitrogen and oxygen atoms in total. The van der Waals surface area contributed by atoms with Crippen LogP contribution in [0.15, 0.2) is 29.3 Å². The highest BCUT2D eigenvalue weighted by Crippen LogP contribution is 2.27. The van der Waals surface area contributed by atoms with Crippen molar-refractivity contribution in [2.24, 2.45) is 10.7 Å². The van der Waals surface area contributed by atoms with E-state index in [0.29, 0.717) is 12.5 Å². The zero-order valence-corrected chi connectivity index (χ0v) is 16.4. The first-order valence-electron chi connectivity index (χ1n) is 9.41. The Morgan fingerprint density at radius 3 is 2.77 bits per heavy atom. The summed E-state index contributed by atoms with van der Waals surface area (Å²) in [4.78, 5) is 10.7. The molecule has 2 aromatic rings. The molecule has 3 rings (SSSR count). The van der Waals surface area contributed by atoms with Crippen molar-refractivity contribution >= 4 is 23.0 Å². The van der Waals surface area contributed by atoms with Gasteiger partial charge in [0.05, 0.1) is 16.8 Å². The molecule has 0 saturated heterocycles. The van der Waals surface area contributed by atoms with Gasteiger partial charge in [0.25, 0.3) is 0 Å². The minimum Gasteiger partial charge on any atom is -0.491 e. The van der Waals surface area contributed by atoms with Crippen LogP contribution in [0.2, 0.25) is 0 Å². The van der Waals surface area contributed by atoms with E-state index < -0.39 is 0 Å². The average molecular weight is 373 g/mol. The molecule has 6 heteroatoms. The van der Waals surface area contributed by atoms with Crippen LogP contribution in [0, 0.1) is 0 Å². The number of nitrogens with zero attached hydrogens (tertiary/aromatic N) is 2. The van der Waals surface area contributed by atoms with Gasteiger partial charge in [-0.3, -0.25) is 4.99 Å². The Balaban J connectivity index is 1.42. The van der Waals surface area contributed by atoms with E-state index in [-0.39, 0.29) is 6.10 Å². The SMILES string of the molecule is CC(C)Oc1ccc(NC(N)=NCCCc2nc3c(s2)CCCC3)cc1. The van der Waals surface area contributed by atoms with Crippen molar-refractivity contribution in [2.45, 2.75) is 58.5 Å². The molecule has 0 spiro atoms. The lowest BCUT2D eigenvalue weighted by Gasteiger charge is -2.10. The van der Waals surface area contributed by atoms with Crippen LogP contribution < -0.4 is 15.8 Å². The molecule has 0 bridgehead atoms. The van der Waals surface area contributed by atoms with E-state index in [9.17, 15) is 0 Å². The summed E-state index contributed by atoms with van der Waals surface area (Å²) in [7, 11) is 0. The van der Waals surface area contributed by atoms with Crippen LogP contribution in [-0.4, -0.2) is 23.6 Å². The molecule has 1 aromatic carbocycles. The van der Waals surface area contributed by atoms with E-state index in [0.717, 1.165) is 30.7 Å². The summed E-state index contributed by atoms with van der Waals surface area (Å²) < 4.78 is 5.63. The molecule has 1 aromatic heterocycles. The fourth-order valence-electron chi connectivity index (χ4n) is 3.02. The quantitative estimate of drug-likeness (QED) is 0.435. The highest BCUT2D eigenvalue weighted by atomic mass is 32.1. The first-order valence-corrected chi connectivity index (χ1v) is 10.2. The van der Waals surface area contributed by atoms with E-state index in [2.05, 4.69) is 10.3 Å². The standard InChI is InChI=1S/C20H28N4OS/c1-14(2)25-16-11-9-15(10-12-16)23-20(21)22-13-5-8-19-24-17-6-3-4-7-18(17)26-19/h9-12,14H,3-8,13H2,1-2H3,(H3,21,22,23). The average Bonchev–Trinajstić information content (AvgIpc) is 3.03. The van der Waals surface area contributed by atoms with Gasteiger partial charge in [-0.2, -0.15) is 0 Å². The molecule has 1 heterocycles. The highest BCUT2D eigenvalue weighted by molar-refractivity contribution is 7.11. The molecule has 140 valence electrons. The Morgan fingerprint density at radius 2 is 2.04 bits per heavy atom. The van der Waals surface area contributed by atoms with Crippen LogP contribution in [-0.2, 0) is 19.3 Å². The predicted molar refractivity (Wildman–Crippen MR) is 109 cm³/mol. The number of thiazole rings is 1. The second-order valence-electron chi connectivity index (χ2n) is 6.87. The number of aliphatic imine (C=N–C) groups is 1. The number of nitrogens with two attached hydrogens (primary N) is 1. The van der Waals surface area contributed by atoms with Crippen LogP contribution >= 0.6 is 11.3 Å². The Kier molecular flexibility index (Phi) is 6.50. The smallest absolute Gasteiger partial charge is 0.193 e.